The first-order chi connectivity index (χ1) is 12.0. The first kappa shape index (κ1) is 17.4. The van der Waals surface area contributed by atoms with E-state index in [4.69, 9.17) is 0 Å². The van der Waals surface area contributed by atoms with Gasteiger partial charge in [0.1, 0.15) is 0 Å². The van der Waals surface area contributed by atoms with Crippen LogP contribution in [0.15, 0.2) is 30.3 Å². The fourth-order valence-electron chi connectivity index (χ4n) is 3.39. The van der Waals surface area contributed by atoms with E-state index in [0.29, 0.717) is 19.6 Å². The molecule has 2 heterocycles. The molecule has 5 nitrogen and oxygen atoms in total. The van der Waals surface area contributed by atoms with Crippen molar-refractivity contribution in [3.8, 4) is 0 Å². The van der Waals surface area contributed by atoms with Crippen molar-refractivity contribution in [3.05, 3.63) is 58.4 Å². The summed E-state index contributed by atoms with van der Waals surface area (Å²) < 4.78 is 0. The number of nitrogens with one attached hydrogen (secondary N) is 1. The van der Waals surface area contributed by atoms with Gasteiger partial charge in [0, 0.05) is 48.7 Å². The highest BCUT2D eigenvalue weighted by molar-refractivity contribution is 5.99. The average molecular weight is 339 g/mol. The Morgan fingerprint density at radius 1 is 1.00 bits per heavy atom. The zero-order chi connectivity index (χ0) is 18.0. The summed E-state index contributed by atoms with van der Waals surface area (Å²) in [4.78, 5) is 32.3. The van der Waals surface area contributed by atoms with E-state index in [9.17, 15) is 9.59 Å². The Morgan fingerprint density at radius 2 is 1.68 bits per heavy atom. The third-order valence-corrected chi connectivity index (χ3v) is 4.85. The van der Waals surface area contributed by atoms with Crippen LogP contribution in [0.5, 0.6) is 0 Å². The van der Waals surface area contributed by atoms with E-state index < -0.39 is 0 Å². The molecule has 1 N–H and O–H groups in total. The Hall–Kier alpha value is -2.40. The van der Waals surface area contributed by atoms with Crippen molar-refractivity contribution in [1.82, 2.24) is 14.8 Å². The summed E-state index contributed by atoms with van der Waals surface area (Å²) in [5, 5.41) is 0. The number of nitrogens with zero attached hydrogens (tertiary/aromatic N) is 2. The first-order valence-corrected chi connectivity index (χ1v) is 8.72. The largest absolute Gasteiger partial charge is 0.362 e. The van der Waals surface area contributed by atoms with Crippen LogP contribution in [-0.2, 0) is 0 Å². The van der Waals surface area contributed by atoms with Crippen LogP contribution in [0.2, 0.25) is 0 Å². The number of aromatic amines is 1. The number of rotatable bonds is 4. The number of benzene rings is 1. The van der Waals surface area contributed by atoms with Crippen molar-refractivity contribution in [2.45, 2.75) is 20.8 Å². The maximum atomic E-state index is 12.7. The second-order valence-corrected chi connectivity index (χ2v) is 6.80. The molecule has 0 aliphatic carbocycles. The molecule has 1 fully saturated rings. The van der Waals surface area contributed by atoms with E-state index >= 15 is 0 Å². The Labute approximate surface area is 148 Å². The molecule has 25 heavy (non-hydrogen) atoms. The molecule has 0 unspecified atom stereocenters. The second-order valence-electron chi connectivity index (χ2n) is 6.80. The molecule has 3 rings (SSSR count). The lowest BCUT2D eigenvalue weighted by Gasteiger charge is -2.34. The molecule has 1 aliphatic rings. The zero-order valence-electron chi connectivity index (χ0n) is 15.1. The lowest BCUT2D eigenvalue weighted by Crippen LogP contribution is -2.50. The topological polar surface area (TPSA) is 56.4 Å². The van der Waals surface area contributed by atoms with E-state index in [-0.39, 0.29) is 11.7 Å². The molecule has 1 aromatic carbocycles. The second kappa shape index (κ2) is 7.23. The minimum atomic E-state index is 0.0844. The van der Waals surface area contributed by atoms with Crippen LogP contribution in [0.3, 0.4) is 0 Å². The summed E-state index contributed by atoms with van der Waals surface area (Å²) in [6.07, 6.45) is 0. The molecule has 1 aliphatic heterocycles. The van der Waals surface area contributed by atoms with Gasteiger partial charge in [-0.1, -0.05) is 18.2 Å². The van der Waals surface area contributed by atoms with Gasteiger partial charge in [-0.05, 0) is 38.5 Å². The van der Waals surface area contributed by atoms with Gasteiger partial charge in [-0.2, -0.15) is 0 Å². The lowest BCUT2D eigenvalue weighted by molar-refractivity contribution is 0.0623. The van der Waals surface area contributed by atoms with Crippen LogP contribution in [-0.4, -0.2) is 59.2 Å². The van der Waals surface area contributed by atoms with E-state index in [0.717, 1.165) is 41.2 Å². The summed E-state index contributed by atoms with van der Waals surface area (Å²) in [5.41, 5.74) is 4.48. The van der Waals surface area contributed by atoms with Crippen molar-refractivity contribution in [1.29, 1.82) is 0 Å². The quantitative estimate of drug-likeness (QED) is 0.871. The number of ketones is 1. The molecule has 1 saturated heterocycles. The van der Waals surface area contributed by atoms with Crippen LogP contribution in [0.1, 0.15) is 37.7 Å². The fraction of sp³-hybridized carbons (Fsp3) is 0.400. The number of hydrogen-bond donors (Lipinski definition) is 1. The number of H-pyrrole nitrogens is 1. The number of carbonyl (C=O) groups excluding carboxylic acids is 2. The van der Waals surface area contributed by atoms with Crippen LogP contribution < -0.4 is 0 Å². The number of carbonyl (C=O) groups is 2. The van der Waals surface area contributed by atoms with Crippen LogP contribution in [0.25, 0.3) is 0 Å². The van der Waals surface area contributed by atoms with Crippen molar-refractivity contribution in [3.63, 3.8) is 0 Å². The van der Waals surface area contributed by atoms with Gasteiger partial charge >= 0.3 is 0 Å². The minimum Gasteiger partial charge on any atom is -0.362 e. The molecule has 1 amide bonds. The maximum absolute atomic E-state index is 12.7. The van der Waals surface area contributed by atoms with Crippen molar-refractivity contribution >= 4 is 11.7 Å². The van der Waals surface area contributed by atoms with Gasteiger partial charge in [-0.25, -0.2) is 0 Å². The highest BCUT2D eigenvalue weighted by Crippen LogP contribution is 2.14. The van der Waals surface area contributed by atoms with E-state index in [2.05, 4.69) is 9.88 Å². The number of piperazine rings is 1. The standard InChI is InChI=1S/C20H25N3O2/c1-14-6-4-5-7-17(14)20(25)23-10-8-22(9-11-23)13-19(24)18-12-15(2)21-16(18)3/h4-7,12,21H,8-11,13H2,1-3H3. The summed E-state index contributed by atoms with van der Waals surface area (Å²) in [6, 6.07) is 9.60. The maximum Gasteiger partial charge on any atom is 0.254 e. The summed E-state index contributed by atoms with van der Waals surface area (Å²) in [5.74, 6) is 0.224. The predicted octanol–water partition coefficient (Wildman–Crippen LogP) is 2.58. The third-order valence-electron chi connectivity index (χ3n) is 4.85. The molecule has 5 heteroatoms. The molecular formula is C20H25N3O2. The SMILES string of the molecule is Cc1cc(C(=O)CN2CCN(C(=O)c3ccccc3C)CC2)c(C)[nH]1. The Kier molecular flexibility index (Phi) is 5.04. The first-order valence-electron chi connectivity index (χ1n) is 8.72. The van der Waals surface area contributed by atoms with Gasteiger partial charge in [-0.15, -0.1) is 0 Å². The smallest absolute Gasteiger partial charge is 0.254 e. The average Bonchev–Trinajstić information content (AvgIpc) is 2.94. The number of amides is 1. The van der Waals surface area contributed by atoms with E-state index in [1.807, 2.05) is 56.0 Å². The number of hydrogen-bond acceptors (Lipinski definition) is 3. The third kappa shape index (κ3) is 3.82. The van der Waals surface area contributed by atoms with Gasteiger partial charge in [0.25, 0.3) is 5.91 Å². The molecule has 0 spiro atoms. The number of aromatic nitrogens is 1. The van der Waals surface area contributed by atoms with E-state index in [1.165, 1.54) is 0 Å². The van der Waals surface area contributed by atoms with Gasteiger partial charge in [0.15, 0.2) is 5.78 Å². The molecular weight excluding hydrogens is 314 g/mol. The Morgan fingerprint density at radius 3 is 2.28 bits per heavy atom. The minimum absolute atomic E-state index is 0.0844. The van der Waals surface area contributed by atoms with Crippen molar-refractivity contribution in [2.24, 2.45) is 0 Å². The summed E-state index contributed by atoms with van der Waals surface area (Å²) in [6.45, 7) is 9.03. The monoisotopic (exact) mass is 339 g/mol. The normalized spacial score (nSPS) is 15.4. The van der Waals surface area contributed by atoms with Gasteiger partial charge in [-0.3, -0.25) is 14.5 Å². The highest BCUT2D eigenvalue weighted by atomic mass is 16.2. The van der Waals surface area contributed by atoms with Crippen molar-refractivity contribution in [2.75, 3.05) is 32.7 Å². The van der Waals surface area contributed by atoms with Crippen LogP contribution >= 0.6 is 0 Å². The zero-order valence-corrected chi connectivity index (χ0v) is 15.1. The van der Waals surface area contributed by atoms with Gasteiger partial charge in [0.2, 0.25) is 0 Å². The lowest BCUT2D eigenvalue weighted by atomic mass is 10.1. The molecule has 0 bridgehead atoms. The highest BCUT2D eigenvalue weighted by Gasteiger charge is 2.24. The molecule has 132 valence electrons. The number of aryl methyl sites for hydroxylation is 3. The van der Waals surface area contributed by atoms with E-state index in [1.54, 1.807) is 0 Å². The number of Topliss-reactive ketones (excluding diaryl/α,β-unsaturated/α-hetero) is 1. The summed E-state index contributed by atoms with van der Waals surface area (Å²) >= 11 is 0. The van der Waals surface area contributed by atoms with Crippen molar-refractivity contribution < 1.29 is 9.59 Å². The Bertz CT molecular complexity index is 786. The summed E-state index contributed by atoms with van der Waals surface area (Å²) in [7, 11) is 0. The van der Waals surface area contributed by atoms with Gasteiger partial charge < -0.3 is 9.88 Å². The molecule has 0 saturated carbocycles. The Balaban J connectivity index is 1.57. The van der Waals surface area contributed by atoms with Crippen LogP contribution in [0, 0.1) is 20.8 Å². The predicted molar refractivity (Wildman–Crippen MR) is 98.1 cm³/mol. The molecule has 0 atom stereocenters. The molecule has 0 radical (unpaired) electrons. The fourth-order valence-corrected chi connectivity index (χ4v) is 3.39. The molecule has 2 aromatic rings. The molecule has 1 aromatic heterocycles. The van der Waals surface area contributed by atoms with Crippen LogP contribution in [0.4, 0.5) is 0 Å². The van der Waals surface area contributed by atoms with Gasteiger partial charge in [0.05, 0.1) is 6.54 Å².